The number of anilines is 1. The van der Waals surface area contributed by atoms with Gasteiger partial charge in [0.25, 0.3) is 0 Å². The molecule has 3 nitrogen and oxygen atoms in total. The summed E-state index contributed by atoms with van der Waals surface area (Å²) in [7, 11) is 0. The number of benzene rings is 2. The predicted octanol–water partition coefficient (Wildman–Crippen LogP) is 4.39. The van der Waals surface area contributed by atoms with E-state index in [9.17, 15) is 4.39 Å². The number of imidazole rings is 1. The van der Waals surface area contributed by atoms with Crippen molar-refractivity contribution in [3.05, 3.63) is 77.0 Å². The van der Waals surface area contributed by atoms with Gasteiger partial charge < -0.3 is 9.88 Å². The van der Waals surface area contributed by atoms with Crippen LogP contribution in [0.5, 0.6) is 0 Å². The van der Waals surface area contributed by atoms with E-state index in [-0.39, 0.29) is 5.82 Å². The Bertz CT molecular complexity index is 724. The summed E-state index contributed by atoms with van der Waals surface area (Å²) in [5.74, 6) is -0.253. The lowest BCUT2D eigenvalue weighted by atomic mass is 10.2. The van der Waals surface area contributed by atoms with Crippen LogP contribution in [0, 0.1) is 5.82 Å². The maximum absolute atomic E-state index is 13.0. The van der Waals surface area contributed by atoms with Crippen molar-refractivity contribution in [1.29, 1.82) is 0 Å². The third kappa shape index (κ3) is 3.31. The fraction of sp³-hybridized carbons (Fsp3) is 0.0625. The summed E-state index contributed by atoms with van der Waals surface area (Å²) in [6.07, 6.45) is 5.42. The van der Waals surface area contributed by atoms with E-state index >= 15 is 0 Å². The van der Waals surface area contributed by atoms with Gasteiger partial charge in [-0.1, -0.05) is 12.1 Å². The van der Waals surface area contributed by atoms with Crippen molar-refractivity contribution >= 4 is 21.6 Å². The predicted molar refractivity (Wildman–Crippen MR) is 85.0 cm³/mol. The lowest BCUT2D eigenvalue weighted by Gasteiger charge is -2.09. The van der Waals surface area contributed by atoms with Crippen LogP contribution in [0.15, 0.2) is 65.7 Å². The first-order valence-corrected chi connectivity index (χ1v) is 7.28. The summed E-state index contributed by atoms with van der Waals surface area (Å²) >= 11 is 3.35. The first-order valence-electron chi connectivity index (χ1n) is 6.48. The van der Waals surface area contributed by atoms with Crippen LogP contribution in [0.1, 0.15) is 5.56 Å². The highest BCUT2D eigenvalue weighted by molar-refractivity contribution is 9.10. The molecule has 0 bridgehead atoms. The summed E-state index contributed by atoms with van der Waals surface area (Å²) < 4.78 is 15.7. The van der Waals surface area contributed by atoms with Crippen molar-refractivity contribution in [2.24, 2.45) is 0 Å². The highest BCUT2D eigenvalue weighted by Gasteiger charge is 2.02. The molecule has 0 saturated carbocycles. The highest BCUT2D eigenvalue weighted by Crippen LogP contribution is 2.23. The molecular formula is C16H13BrFN3. The van der Waals surface area contributed by atoms with Gasteiger partial charge in [-0.15, -0.1) is 0 Å². The summed E-state index contributed by atoms with van der Waals surface area (Å²) in [5, 5.41) is 3.28. The fourth-order valence-electron chi connectivity index (χ4n) is 2.03. The van der Waals surface area contributed by atoms with Gasteiger partial charge in [0.2, 0.25) is 0 Å². The lowest BCUT2D eigenvalue weighted by Crippen LogP contribution is -2.00. The molecule has 1 N–H and O–H groups in total. The Hall–Kier alpha value is -2.14. The maximum atomic E-state index is 13.0. The van der Waals surface area contributed by atoms with E-state index in [4.69, 9.17) is 0 Å². The molecule has 21 heavy (non-hydrogen) atoms. The van der Waals surface area contributed by atoms with Gasteiger partial charge in [-0.3, -0.25) is 0 Å². The topological polar surface area (TPSA) is 29.9 Å². The second-order valence-corrected chi connectivity index (χ2v) is 5.47. The van der Waals surface area contributed by atoms with Crippen LogP contribution in [0.2, 0.25) is 0 Å². The smallest absolute Gasteiger partial charge is 0.124 e. The molecule has 0 unspecified atom stereocenters. The third-order valence-electron chi connectivity index (χ3n) is 3.15. The zero-order valence-corrected chi connectivity index (χ0v) is 12.7. The Kier molecular flexibility index (Phi) is 4.01. The lowest BCUT2D eigenvalue weighted by molar-refractivity contribution is 0.627. The van der Waals surface area contributed by atoms with E-state index in [0.29, 0.717) is 6.54 Å². The van der Waals surface area contributed by atoms with Gasteiger partial charge in [0.05, 0.1) is 6.33 Å². The molecule has 0 amide bonds. The monoisotopic (exact) mass is 345 g/mol. The molecule has 0 radical (unpaired) electrons. The van der Waals surface area contributed by atoms with Gasteiger partial charge in [0, 0.05) is 34.8 Å². The second-order valence-electron chi connectivity index (χ2n) is 4.61. The van der Waals surface area contributed by atoms with Crippen molar-refractivity contribution < 1.29 is 4.39 Å². The maximum Gasteiger partial charge on any atom is 0.124 e. The molecule has 0 aliphatic carbocycles. The minimum Gasteiger partial charge on any atom is -0.380 e. The zero-order valence-electron chi connectivity index (χ0n) is 11.1. The van der Waals surface area contributed by atoms with Gasteiger partial charge in [-0.25, -0.2) is 9.37 Å². The number of hydrogen-bond acceptors (Lipinski definition) is 2. The van der Waals surface area contributed by atoms with Crippen LogP contribution >= 0.6 is 15.9 Å². The normalized spacial score (nSPS) is 10.6. The Morgan fingerprint density at radius 3 is 2.62 bits per heavy atom. The Labute approximate surface area is 130 Å². The van der Waals surface area contributed by atoms with Gasteiger partial charge in [0.15, 0.2) is 0 Å². The molecule has 0 saturated heterocycles. The van der Waals surface area contributed by atoms with E-state index < -0.39 is 0 Å². The Morgan fingerprint density at radius 2 is 1.95 bits per heavy atom. The van der Waals surface area contributed by atoms with Crippen LogP contribution in [-0.2, 0) is 6.54 Å². The van der Waals surface area contributed by atoms with E-state index in [1.54, 1.807) is 18.6 Å². The van der Waals surface area contributed by atoms with E-state index in [0.717, 1.165) is 21.4 Å². The highest BCUT2D eigenvalue weighted by atomic mass is 79.9. The van der Waals surface area contributed by atoms with E-state index in [1.807, 2.05) is 22.9 Å². The van der Waals surface area contributed by atoms with Crippen LogP contribution in [0.3, 0.4) is 0 Å². The largest absolute Gasteiger partial charge is 0.380 e. The summed E-state index contributed by atoms with van der Waals surface area (Å²) in [4.78, 5) is 4.03. The van der Waals surface area contributed by atoms with Crippen molar-refractivity contribution in [3.8, 4) is 5.69 Å². The number of nitrogens with one attached hydrogen (secondary N) is 1. The molecule has 1 aromatic heterocycles. The summed E-state index contributed by atoms with van der Waals surface area (Å²) in [5.41, 5.74) is 3.09. The Balaban J connectivity index is 1.68. The third-order valence-corrected chi connectivity index (χ3v) is 3.81. The Morgan fingerprint density at radius 1 is 1.14 bits per heavy atom. The van der Waals surface area contributed by atoms with Crippen molar-refractivity contribution in [2.75, 3.05) is 5.32 Å². The zero-order chi connectivity index (χ0) is 14.7. The molecule has 1 heterocycles. The molecule has 0 atom stereocenters. The molecular weight excluding hydrogens is 333 g/mol. The molecule has 0 spiro atoms. The fourth-order valence-corrected chi connectivity index (χ4v) is 2.52. The molecule has 3 aromatic rings. The minimum absolute atomic E-state index is 0.253. The minimum atomic E-state index is -0.253. The number of aromatic nitrogens is 2. The molecule has 5 heteroatoms. The molecule has 106 valence electrons. The number of hydrogen-bond donors (Lipinski definition) is 1. The van der Waals surface area contributed by atoms with Crippen LogP contribution in [0.4, 0.5) is 10.1 Å². The van der Waals surface area contributed by atoms with E-state index in [2.05, 4.69) is 38.4 Å². The molecule has 0 aliphatic rings. The van der Waals surface area contributed by atoms with Crippen molar-refractivity contribution in [2.45, 2.75) is 6.54 Å². The van der Waals surface area contributed by atoms with E-state index in [1.165, 1.54) is 12.1 Å². The molecule has 3 rings (SSSR count). The standard InChI is InChI=1S/C16H13BrFN3/c17-15-9-13(18)3-6-16(15)20-10-12-1-4-14(5-2-12)21-8-7-19-11-21/h1-9,11,20H,10H2. The van der Waals surface area contributed by atoms with Gasteiger partial charge in [-0.05, 0) is 51.8 Å². The van der Waals surface area contributed by atoms with Crippen LogP contribution < -0.4 is 5.32 Å². The van der Waals surface area contributed by atoms with Crippen LogP contribution in [-0.4, -0.2) is 9.55 Å². The number of nitrogens with zero attached hydrogens (tertiary/aromatic N) is 2. The van der Waals surface area contributed by atoms with Gasteiger partial charge in [-0.2, -0.15) is 0 Å². The van der Waals surface area contributed by atoms with Gasteiger partial charge >= 0.3 is 0 Å². The second kappa shape index (κ2) is 6.10. The SMILES string of the molecule is Fc1ccc(NCc2ccc(-n3ccnc3)cc2)c(Br)c1. The molecule has 0 aliphatic heterocycles. The summed E-state index contributed by atoms with van der Waals surface area (Å²) in [6, 6.07) is 12.8. The average Bonchev–Trinajstić information content (AvgIpc) is 3.01. The molecule has 0 fully saturated rings. The van der Waals surface area contributed by atoms with Crippen molar-refractivity contribution in [1.82, 2.24) is 9.55 Å². The first kappa shape index (κ1) is 13.8. The quantitative estimate of drug-likeness (QED) is 0.760. The van der Waals surface area contributed by atoms with Crippen LogP contribution in [0.25, 0.3) is 5.69 Å². The number of rotatable bonds is 4. The molecule has 2 aromatic carbocycles. The number of halogens is 2. The first-order chi connectivity index (χ1) is 10.2. The van der Waals surface area contributed by atoms with Crippen molar-refractivity contribution in [3.63, 3.8) is 0 Å². The summed E-state index contributed by atoms with van der Waals surface area (Å²) in [6.45, 7) is 0.675. The average molecular weight is 346 g/mol. The van der Waals surface area contributed by atoms with Gasteiger partial charge in [0.1, 0.15) is 5.82 Å².